The van der Waals surface area contributed by atoms with Crippen molar-refractivity contribution in [3.05, 3.63) is 82.7 Å². The third-order valence-electron chi connectivity index (χ3n) is 5.97. The molecule has 0 bridgehead atoms. The number of anilines is 1. The van der Waals surface area contributed by atoms with E-state index in [-0.39, 0.29) is 11.9 Å². The summed E-state index contributed by atoms with van der Waals surface area (Å²) in [6, 6.07) is 16.7. The van der Waals surface area contributed by atoms with E-state index >= 15 is 0 Å². The van der Waals surface area contributed by atoms with Crippen molar-refractivity contribution in [2.75, 3.05) is 11.4 Å². The van der Waals surface area contributed by atoms with Crippen LogP contribution in [-0.2, 0) is 19.4 Å². The zero-order chi connectivity index (χ0) is 18.9. The minimum atomic E-state index is -0.0250. The Bertz CT molecular complexity index is 992. The van der Waals surface area contributed by atoms with Crippen LogP contribution in [-0.4, -0.2) is 22.6 Å². The molecular weight excluding hydrogens is 348 g/mol. The van der Waals surface area contributed by atoms with E-state index in [4.69, 9.17) is 0 Å². The SMILES string of the molecule is O=C(NC1CCCc2cn[nH]c21)c1ccc(N2CCc3ccccc3C2)cc1. The number of carbonyl (C=O) groups is 1. The maximum atomic E-state index is 12.7. The van der Waals surface area contributed by atoms with Gasteiger partial charge in [0, 0.05) is 24.3 Å². The molecule has 28 heavy (non-hydrogen) atoms. The van der Waals surface area contributed by atoms with Crippen molar-refractivity contribution in [2.24, 2.45) is 0 Å². The first-order valence-electron chi connectivity index (χ1n) is 10.0. The Balaban J connectivity index is 1.28. The van der Waals surface area contributed by atoms with E-state index in [0.717, 1.165) is 44.5 Å². The average molecular weight is 372 g/mol. The van der Waals surface area contributed by atoms with E-state index in [2.05, 4.69) is 56.8 Å². The maximum absolute atomic E-state index is 12.7. The predicted octanol–water partition coefficient (Wildman–Crippen LogP) is 3.78. The summed E-state index contributed by atoms with van der Waals surface area (Å²) in [7, 11) is 0. The molecule has 1 aliphatic carbocycles. The number of H-pyrrole nitrogens is 1. The summed E-state index contributed by atoms with van der Waals surface area (Å²) in [6.45, 7) is 1.93. The molecule has 142 valence electrons. The Morgan fingerprint density at radius 1 is 1.04 bits per heavy atom. The number of benzene rings is 2. The number of fused-ring (bicyclic) bond motifs is 2. The van der Waals surface area contributed by atoms with Crippen molar-refractivity contribution in [2.45, 2.75) is 38.3 Å². The molecule has 5 rings (SSSR count). The zero-order valence-electron chi connectivity index (χ0n) is 15.8. The van der Waals surface area contributed by atoms with Gasteiger partial charge in [0.05, 0.1) is 17.9 Å². The van der Waals surface area contributed by atoms with Crippen LogP contribution in [0.25, 0.3) is 0 Å². The highest BCUT2D eigenvalue weighted by atomic mass is 16.1. The monoisotopic (exact) mass is 372 g/mol. The lowest BCUT2D eigenvalue weighted by molar-refractivity contribution is 0.0932. The zero-order valence-corrected chi connectivity index (χ0v) is 15.8. The van der Waals surface area contributed by atoms with Gasteiger partial charge in [-0.05, 0) is 66.6 Å². The third-order valence-corrected chi connectivity index (χ3v) is 5.97. The molecule has 2 aromatic carbocycles. The van der Waals surface area contributed by atoms with Crippen LogP contribution in [0, 0.1) is 0 Å². The van der Waals surface area contributed by atoms with E-state index in [9.17, 15) is 4.79 Å². The van der Waals surface area contributed by atoms with E-state index in [0.29, 0.717) is 5.56 Å². The van der Waals surface area contributed by atoms with Crippen LogP contribution in [0.5, 0.6) is 0 Å². The van der Waals surface area contributed by atoms with Gasteiger partial charge in [-0.25, -0.2) is 0 Å². The fourth-order valence-corrected chi connectivity index (χ4v) is 4.39. The summed E-state index contributed by atoms with van der Waals surface area (Å²) in [5, 5.41) is 10.4. The van der Waals surface area contributed by atoms with Crippen LogP contribution < -0.4 is 10.2 Å². The Morgan fingerprint density at radius 2 is 1.86 bits per heavy atom. The normalized spacial score (nSPS) is 18.3. The Morgan fingerprint density at radius 3 is 2.71 bits per heavy atom. The van der Waals surface area contributed by atoms with Crippen molar-refractivity contribution in [3.63, 3.8) is 0 Å². The molecule has 0 fully saturated rings. The molecule has 2 heterocycles. The molecule has 0 radical (unpaired) electrons. The number of aromatic nitrogens is 2. The van der Waals surface area contributed by atoms with Crippen LogP contribution in [0.15, 0.2) is 54.7 Å². The van der Waals surface area contributed by atoms with Gasteiger partial charge in [0.1, 0.15) is 0 Å². The second-order valence-corrected chi connectivity index (χ2v) is 7.71. The quantitative estimate of drug-likeness (QED) is 0.736. The molecule has 5 nitrogen and oxygen atoms in total. The van der Waals surface area contributed by atoms with Gasteiger partial charge in [-0.3, -0.25) is 9.89 Å². The molecule has 1 aliphatic heterocycles. The number of rotatable bonds is 3. The molecule has 1 amide bonds. The molecule has 3 aromatic rings. The fraction of sp³-hybridized carbons (Fsp3) is 0.304. The smallest absolute Gasteiger partial charge is 0.251 e. The van der Waals surface area contributed by atoms with Crippen LogP contribution in [0.2, 0.25) is 0 Å². The largest absolute Gasteiger partial charge is 0.367 e. The lowest BCUT2D eigenvalue weighted by Crippen LogP contribution is -2.31. The summed E-state index contributed by atoms with van der Waals surface area (Å²) in [6.07, 6.45) is 6.00. The number of hydrogen-bond donors (Lipinski definition) is 2. The molecule has 0 saturated heterocycles. The number of nitrogens with zero attached hydrogens (tertiary/aromatic N) is 2. The predicted molar refractivity (Wildman–Crippen MR) is 109 cm³/mol. The number of hydrogen-bond acceptors (Lipinski definition) is 3. The van der Waals surface area contributed by atoms with E-state index in [1.54, 1.807) is 0 Å². The Kier molecular flexibility index (Phi) is 4.35. The number of amides is 1. The molecule has 1 aromatic heterocycles. The standard InChI is InChI=1S/C23H24N4O/c28-23(25-21-7-3-6-18-14-24-26-22(18)21)17-8-10-20(11-9-17)27-13-12-16-4-1-2-5-19(16)15-27/h1-2,4-5,8-11,14,21H,3,6-7,12-13,15H2,(H,24,26)(H,25,28). The maximum Gasteiger partial charge on any atom is 0.251 e. The summed E-state index contributed by atoms with van der Waals surface area (Å²) in [4.78, 5) is 15.1. The molecule has 2 N–H and O–H groups in total. The van der Waals surface area contributed by atoms with Gasteiger partial charge in [-0.2, -0.15) is 5.10 Å². The van der Waals surface area contributed by atoms with E-state index < -0.39 is 0 Å². The van der Waals surface area contributed by atoms with Gasteiger partial charge in [-0.15, -0.1) is 0 Å². The summed E-state index contributed by atoms with van der Waals surface area (Å²) in [5.41, 5.74) is 6.98. The second-order valence-electron chi connectivity index (χ2n) is 7.71. The van der Waals surface area contributed by atoms with Crippen molar-refractivity contribution >= 4 is 11.6 Å². The van der Waals surface area contributed by atoms with Gasteiger partial charge in [0.25, 0.3) is 5.91 Å². The van der Waals surface area contributed by atoms with Crippen LogP contribution >= 0.6 is 0 Å². The topological polar surface area (TPSA) is 61.0 Å². The number of carbonyl (C=O) groups excluding carboxylic acids is 1. The minimum Gasteiger partial charge on any atom is -0.367 e. The van der Waals surface area contributed by atoms with Gasteiger partial charge in [-0.1, -0.05) is 24.3 Å². The lowest BCUT2D eigenvalue weighted by Gasteiger charge is -2.30. The van der Waals surface area contributed by atoms with Gasteiger partial charge in [0.2, 0.25) is 0 Å². The number of aryl methyl sites for hydroxylation is 1. The van der Waals surface area contributed by atoms with Crippen molar-refractivity contribution < 1.29 is 4.79 Å². The third kappa shape index (κ3) is 3.17. The Hall–Kier alpha value is -3.08. The van der Waals surface area contributed by atoms with Crippen LogP contribution in [0.4, 0.5) is 5.69 Å². The molecule has 1 atom stereocenters. The molecule has 2 aliphatic rings. The summed E-state index contributed by atoms with van der Waals surface area (Å²) in [5.74, 6) is -0.0250. The molecule has 1 unspecified atom stereocenters. The number of aromatic amines is 1. The highest BCUT2D eigenvalue weighted by Gasteiger charge is 2.24. The van der Waals surface area contributed by atoms with Gasteiger partial charge < -0.3 is 10.2 Å². The highest BCUT2D eigenvalue weighted by Crippen LogP contribution is 2.28. The molecular formula is C23H24N4O. The van der Waals surface area contributed by atoms with Crippen molar-refractivity contribution in [1.82, 2.24) is 15.5 Å². The van der Waals surface area contributed by atoms with Crippen LogP contribution in [0.3, 0.4) is 0 Å². The van der Waals surface area contributed by atoms with Crippen molar-refractivity contribution in [3.8, 4) is 0 Å². The average Bonchev–Trinajstić information content (AvgIpc) is 3.23. The molecule has 0 saturated carbocycles. The van der Waals surface area contributed by atoms with Gasteiger partial charge in [0.15, 0.2) is 0 Å². The number of nitrogens with one attached hydrogen (secondary N) is 2. The van der Waals surface area contributed by atoms with Crippen LogP contribution in [0.1, 0.15) is 51.6 Å². The molecule has 0 spiro atoms. The highest BCUT2D eigenvalue weighted by molar-refractivity contribution is 5.94. The first-order chi connectivity index (χ1) is 13.8. The summed E-state index contributed by atoms with van der Waals surface area (Å²) < 4.78 is 0. The molecule has 5 heteroatoms. The van der Waals surface area contributed by atoms with Crippen molar-refractivity contribution in [1.29, 1.82) is 0 Å². The fourth-order valence-electron chi connectivity index (χ4n) is 4.39. The summed E-state index contributed by atoms with van der Waals surface area (Å²) >= 11 is 0. The first kappa shape index (κ1) is 17.0. The Labute approximate surface area is 164 Å². The minimum absolute atomic E-state index is 0.0250. The van der Waals surface area contributed by atoms with E-state index in [1.807, 2.05) is 18.3 Å². The first-order valence-corrected chi connectivity index (χ1v) is 10.0. The van der Waals surface area contributed by atoms with E-state index in [1.165, 1.54) is 22.4 Å². The lowest BCUT2D eigenvalue weighted by atomic mass is 9.93. The second kappa shape index (κ2) is 7.15. The van der Waals surface area contributed by atoms with Gasteiger partial charge >= 0.3 is 0 Å².